The van der Waals surface area contributed by atoms with Gasteiger partial charge in [0.2, 0.25) is 5.91 Å². The van der Waals surface area contributed by atoms with E-state index >= 15 is 0 Å². The van der Waals surface area contributed by atoms with Crippen LogP contribution in [0.25, 0.3) is 0 Å². The Morgan fingerprint density at radius 2 is 2.00 bits per heavy atom. The normalized spacial score (nSPS) is 20.7. The minimum Gasteiger partial charge on any atom is -0.490 e. The first-order valence-electron chi connectivity index (χ1n) is 9.64. The Bertz CT molecular complexity index is 1000. The zero-order valence-electron chi connectivity index (χ0n) is 16.7. The zero-order valence-corrected chi connectivity index (χ0v) is 16.7. The highest BCUT2D eigenvalue weighted by Crippen LogP contribution is 2.36. The summed E-state index contributed by atoms with van der Waals surface area (Å²) < 4.78 is 16.2. The standard InChI is InChI=1S/C20H22N4O6/c1-12-10-16(23-30-12)21-17(25)6-7-24-18(26)20(2,22-19(24)27)13-4-5-14-15(11-13)29-9-3-8-28-14/h4-5,10-11H,3,6-9H2,1-2H3,(H,22,27)(H,21,23,25). The number of nitrogens with zero attached hydrogens (tertiary/aromatic N) is 2. The molecule has 10 nitrogen and oxygen atoms in total. The van der Waals surface area contributed by atoms with Crippen molar-refractivity contribution in [3.63, 3.8) is 0 Å². The van der Waals surface area contributed by atoms with Gasteiger partial charge in [-0.25, -0.2) is 4.79 Å². The molecule has 10 heteroatoms. The Morgan fingerprint density at radius 3 is 2.73 bits per heavy atom. The van der Waals surface area contributed by atoms with Crippen molar-refractivity contribution in [3.05, 3.63) is 35.6 Å². The predicted molar refractivity (Wildman–Crippen MR) is 104 cm³/mol. The first-order valence-corrected chi connectivity index (χ1v) is 9.64. The number of anilines is 1. The summed E-state index contributed by atoms with van der Waals surface area (Å²) in [5.41, 5.74) is -0.684. The second-order valence-electron chi connectivity index (χ2n) is 7.34. The topological polar surface area (TPSA) is 123 Å². The number of aromatic nitrogens is 1. The summed E-state index contributed by atoms with van der Waals surface area (Å²) in [5, 5.41) is 8.97. The van der Waals surface area contributed by atoms with Crippen LogP contribution in [-0.4, -0.2) is 47.7 Å². The van der Waals surface area contributed by atoms with Gasteiger partial charge >= 0.3 is 6.03 Å². The smallest absolute Gasteiger partial charge is 0.325 e. The third kappa shape index (κ3) is 3.68. The first kappa shape index (κ1) is 19.7. The zero-order chi connectivity index (χ0) is 21.3. The highest BCUT2D eigenvalue weighted by molar-refractivity contribution is 6.07. The number of amides is 4. The third-order valence-electron chi connectivity index (χ3n) is 5.06. The van der Waals surface area contributed by atoms with Gasteiger partial charge < -0.3 is 24.6 Å². The SMILES string of the molecule is Cc1cc(NC(=O)CCN2C(=O)NC(C)(c3ccc4c(c3)OCCCO4)C2=O)no1. The molecule has 1 atom stereocenters. The number of fused-ring (bicyclic) bond motifs is 1. The molecule has 30 heavy (non-hydrogen) atoms. The van der Waals surface area contributed by atoms with Gasteiger partial charge in [-0.2, -0.15) is 0 Å². The van der Waals surface area contributed by atoms with Gasteiger partial charge in [-0.05, 0) is 31.5 Å². The second kappa shape index (κ2) is 7.69. The Morgan fingerprint density at radius 1 is 1.23 bits per heavy atom. The minimum absolute atomic E-state index is 0.0620. The monoisotopic (exact) mass is 414 g/mol. The number of hydrogen-bond acceptors (Lipinski definition) is 7. The van der Waals surface area contributed by atoms with E-state index in [1.807, 2.05) is 0 Å². The van der Waals surface area contributed by atoms with Crippen LogP contribution in [0, 0.1) is 6.92 Å². The lowest BCUT2D eigenvalue weighted by molar-refractivity contribution is -0.131. The summed E-state index contributed by atoms with van der Waals surface area (Å²) in [7, 11) is 0. The van der Waals surface area contributed by atoms with Crippen LogP contribution in [-0.2, 0) is 15.1 Å². The molecule has 2 N–H and O–H groups in total. The van der Waals surface area contributed by atoms with Gasteiger partial charge in [0.05, 0.1) is 13.2 Å². The van der Waals surface area contributed by atoms with E-state index in [1.54, 1.807) is 38.1 Å². The molecule has 4 amide bonds. The van der Waals surface area contributed by atoms with Crippen molar-refractivity contribution in [2.45, 2.75) is 32.2 Å². The maximum Gasteiger partial charge on any atom is 0.325 e. The predicted octanol–water partition coefficient (Wildman–Crippen LogP) is 1.94. The van der Waals surface area contributed by atoms with Crippen LogP contribution < -0.4 is 20.1 Å². The number of nitrogens with one attached hydrogen (secondary N) is 2. The molecule has 1 aromatic heterocycles. The third-order valence-corrected chi connectivity index (χ3v) is 5.06. The molecule has 0 bridgehead atoms. The van der Waals surface area contributed by atoms with Gasteiger partial charge in [0.25, 0.3) is 5.91 Å². The van der Waals surface area contributed by atoms with Crippen molar-refractivity contribution in [1.29, 1.82) is 0 Å². The van der Waals surface area contributed by atoms with Gasteiger partial charge in [-0.1, -0.05) is 11.2 Å². The number of ether oxygens (including phenoxy) is 2. The van der Waals surface area contributed by atoms with Crippen molar-refractivity contribution in [1.82, 2.24) is 15.4 Å². The molecular weight excluding hydrogens is 392 g/mol. The van der Waals surface area contributed by atoms with Crippen molar-refractivity contribution < 1.29 is 28.4 Å². The van der Waals surface area contributed by atoms with Gasteiger partial charge in [0.15, 0.2) is 17.3 Å². The average molecular weight is 414 g/mol. The molecule has 1 fully saturated rings. The number of rotatable bonds is 5. The molecule has 2 aliphatic heterocycles. The quantitative estimate of drug-likeness (QED) is 0.717. The van der Waals surface area contributed by atoms with Crippen LogP contribution in [0.15, 0.2) is 28.8 Å². The van der Waals surface area contributed by atoms with Crippen molar-refractivity contribution in [2.75, 3.05) is 25.1 Å². The largest absolute Gasteiger partial charge is 0.490 e. The number of carbonyl (C=O) groups excluding carboxylic acids is 3. The number of urea groups is 1. The highest BCUT2D eigenvalue weighted by atomic mass is 16.5. The summed E-state index contributed by atoms with van der Waals surface area (Å²) in [4.78, 5) is 38.7. The Labute approximate surface area is 172 Å². The number of carbonyl (C=O) groups is 3. The lowest BCUT2D eigenvalue weighted by atomic mass is 9.91. The van der Waals surface area contributed by atoms with Gasteiger partial charge in [0, 0.05) is 25.5 Å². The molecule has 0 saturated carbocycles. The lowest BCUT2D eigenvalue weighted by Gasteiger charge is -2.23. The van der Waals surface area contributed by atoms with Crippen LogP contribution in [0.4, 0.5) is 10.6 Å². The molecule has 1 saturated heterocycles. The summed E-state index contributed by atoms with van der Waals surface area (Å²) in [6.07, 6.45) is 0.697. The van der Waals surface area contributed by atoms with E-state index in [9.17, 15) is 14.4 Å². The first-order chi connectivity index (χ1) is 14.4. The molecule has 158 valence electrons. The maximum absolute atomic E-state index is 13.1. The molecule has 3 heterocycles. The van der Waals surface area contributed by atoms with E-state index in [0.717, 1.165) is 11.3 Å². The minimum atomic E-state index is -1.26. The average Bonchev–Trinajstić information content (AvgIpc) is 3.09. The molecule has 0 aliphatic carbocycles. The summed E-state index contributed by atoms with van der Waals surface area (Å²) in [5.74, 6) is 1.17. The lowest BCUT2D eigenvalue weighted by Crippen LogP contribution is -2.41. The summed E-state index contributed by atoms with van der Waals surface area (Å²) in [6, 6.07) is 6.19. The Kier molecular flexibility index (Phi) is 5.06. The molecule has 0 spiro atoms. The Balaban J connectivity index is 1.45. The van der Waals surface area contributed by atoms with Gasteiger partial charge in [0.1, 0.15) is 11.3 Å². The Hall–Kier alpha value is -3.56. The van der Waals surface area contributed by atoms with Crippen molar-refractivity contribution in [2.24, 2.45) is 0 Å². The molecule has 1 aromatic carbocycles. The van der Waals surface area contributed by atoms with Crippen LogP contribution in [0.3, 0.4) is 0 Å². The van der Waals surface area contributed by atoms with Crippen LogP contribution in [0.2, 0.25) is 0 Å². The molecule has 0 radical (unpaired) electrons. The molecular formula is C20H22N4O6. The van der Waals surface area contributed by atoms with Crippen LogP contribution in [0.5, 0.6) is 11.5 Å². The van der Waals surface area contributed by atoms with Crippen LogP contribution >= 0.6 is 0 Å². The van der Waals surface area contributed by atoms with E-state index in [2.05, 4.69) is 15.8 Å². The van der Waals surface area contributed by atoms with E-state index in [4.69, 9.17) is 14.0 Å². The van der Waals surface area contributed by atoms with Crippen LogP contribution in [0.1, 0.15) is 31.1 Å². The number of aryl methyl sites for hydroxylation is 1. The van der Waals surface area contributed by atoms with Crippen molar-refractivity contribution in [3.8, 4) is 11.5 Å². The molecule has 2 aromatic rings. The van der Waals surface area contributed by atoms with E-state index in [1.165, 1.54) is 0 Å². The summed E-state index contributed by atoms with van der Waals surface area (Å²) >= 11 is 0. The fourth-order valence-corrected chi connectivity index (χ4v) is 3.41. The second-order valence-corrected chi connectivity index (χ2v) is 7.34. The van der Waals surface area contributed by atoms with E-state index in [-0.39, 0.29) is 24.7 Å². The maximum atomic E-state index is 13.1. The number of imide groups is 1. The fraction of sp³-hybridized carbons (Fsp3) is 0.400. The number of hydrogen-bond donors (Lipinski definition) is 2. The van der Waals surface area contributed by atoms with Gasteiger partial charge in [-0.3, -0.25) is 14.5 Å². The van der Waals surface area contributed by atoms with E-state index in [0.29, 0.717) is 36.0 Å². The molecule has 1 unspecified atom stereocenters. The molecule has 2 aliphatic rings. The number of benzene rings is 1. The highest BCUT2D eigenvalue weighted by Gasteiger charge is 2.49. The molecule has 4 rings (SSSR count). The summed E-state index contributed by atoms with van der Waals surface area (Å²) in [6.45, 7) is 4.34. The van der Waals surface area contributed by atoms with E-state index < -0.39 is 17.5 Å². The van der Waals surface area contributed by atoms with Crippen molar-refractivity contribution >= 4 is 23.7 Å². The fourth-order valence-electron chi connectivity index (χ4n) is 3.41. The van der Waals surface area contributed by atoms with Gasteiger partial charge in [-0.15, -0.1) is 0 Å².